The number of rotatable bonds is 2. The molecule has 0 bridgehead atoms. The molecule has 2 heterocycles. The van der Waals surface area contributed by atoms with Gasteiger partial charge in [-0.2, -0.15) is 4.99 Å². The van der Waals surface area contributed by atoms with E-state index in [1.807, 2.05) is 23.6 Å². The molecule has 1 aliphatic heterocycles. The Labute approximate surface area is 153 Å². The monoisotopic (exact) mass is 374 g/mol. The van der Waals surface area contributed by atoms with Crippen LogP contribution >= 0.6 is 22.9 Å². The van der Waals surface area contributed by atoms with Crippen LogP contribution in [-0.2, 0) is 6.54 Å². The summed E-state index contributed by atoms with van der Waals surface area (Å²) in [6.07, 6.45) is 0. The fourth-order valence-corrected chi connectivity index (χ4v) is 4.10. The summed E-state index contributed by atoms with van der Waals surface area (Å²) in [4.78, 5) is 17.5. The van der Waals surface area contributed by atoms with Crippen molar-refractivity contribution in [2.75, 3.05) is 13.2 Å². The van der Waals surface area contributed by atoms with E-state index in [0.29, 0.717) is 35.1 Å². The van der Waals surface area contributed by atoms with Crippen LogP contribution < -0.4 is 14.3 Å². The molecule has 0 unspecified atom stereocenters. The van der Waals surface area contributed by atoms with Crippen molar-refractivity contribution in [2.45, 2.75) is 13.5 Å². The number of aromatic nitrogens is 1. The Hall–Kier alpha value is -2.31. The second-order valence-corrected chi connectivity index (χ2v) is 6.91. The maximum absolute atomic E-state index is 12.5. The first kappa shape index (κ1) is 16.2. The van der Waals surface area contributed by atoms with E-state index in [9.17, 15) is 4.79 Å². The average Bonchev–Trinajstić information content (AvgIpc) is 2.95. The van der Waals surface area contributed by atoms with E-state index in [1.54, 1.807) is 24.3 Å². The molecule has 0 spiro atoms. The third kappa shape index (κ3) is 2.92. The highest BCUT2D eigenvalue weighted by atomic mass is 35.5. The molecule has 1 aromatic heterocycles. The first-order valence-corrected chi connectivity index (χ1v) is 9.13. The molecule has 0 N–H and O–H groups in total. The lowest BCUT2D eigenvalue weighted by molar-refractivity contribution is 0.0998. The maximum Gasteiger partial charge on any atom is 0.281 e. The van der Waals surface area contributed by atoms with Gasteiger partial charge in [0.25, 0.3) is 5.91 Å². The quantitative estimate of drug-likeness (QED) is 0.683. The third-order valence-corrected chi connectivity index (χ3v) is 5.34. The first-order chi connectivity index (χ1) is 12.2. The highest BCUT2D eigenvalue weighted by Crippen LogP contribution is 2.35. The Balaban J connectivity index is 1.87. The first-order valence-electron chi connectivity index (χ1n) is 7.94. The number of amides is 1. The summed E-state index contributed by atoms with van der Waals surface area (Å²) >= 11 is 7.55. The van der Waals surface area contributed by atoms with Crippen LogP contribution in [0.4, 0.5) is 0 Å². The van der Waals surface area contributed by atoms with Gasteiger partial charge in [0.05, 0.1) is 20.8 Å². The maximum atomic E-state index is 12.5. The molecule has 1 aliphatic rings. The normalized spacial score (nSPS) is 14.1. The van der Waals surface area contributed by atoms with E-state index < -0.39 is 0 Å². The summed E-state index contributed by atoms with van der Waals surface area (Å²) in [5.74, 6) is 1.10. The van der Waals surface area contributed by atoms with Gasteiger partial charge in [-0.25, -0.2) is 0 Å². The lowest BCUT2D eigenvalue weighted by Crippen LogP contribution is -2.17. The zero-order valence-electron chi connectivity index (χ0n) is 13.5. The highest BCUT2D eigenvalue weighted by Gasteiger charge is 2.17. The van der Waals surface area contributed by atoms with E-state index in [-0.39, 0.29) is 5.91 Å². The Morgan fingerprint density at radius 2 is 1.96 bits per heavy atom. The van der Waals surface area contributed by atoms with E-state index in [0.717, 1.165) is 21.7 Å². The molecule has 25 heavy (non-hydrogen) atoms. The van der Waals surface area contributed by atoms with Crippen molar-refractivity contribution in [1.29, 1.82) is 0 Å². The molecule has 1 amide bonds. The van der Waals surface area contributed by atoms with Crippen LogP contribution in [0.25, 0.3) is 10.2 Å². The molecule has 0 saturated heterocycles. The van der Waals surface area contributed by atoms with E-state index in [1.165, 1.54) is 11.3 Å². The van der Waals surface area contributed by atoms with Crippen LogP contribution in [0.5, 0.6) is 11.5 Å². The van der Waals surface area contributed by atoms with Gasteiger partial charge < -0.3 is 14.0 Å². The van der Waals surface area contributed by atoms with Crippen molar-refractivity contribution in [3.63, 3.8) is 0 Å². The van der Waals surface area contributed by atoms with Gasteiger partial charge in [0.1, 0.15) is 13.2 Å². The van der Waals surface area contributed by atoms with Gasteiger partial charge in [-0.1, -0.05) is 35.1 Å². The lowest BCUT2D eigenvalue weighted by Gasteiger charge is -2.18. The van der Waals surface area contributed by atoms with E-state index >= 15 is 0 Å². The van der Waals surface area contributed by atoms with Crippen molar-refractivity contribution in [3.05, 3.63) is 51.8 Å². The second-order valence-electron chi connectivity index (χ2n) is 5.49. The molecule has 128 valence electrons. The van der Waals surface area contributed by atoms with Crippen LogP contribution in [0.3, 0.4) is 0 Å². The molecule has 0 radical (unpaired) electrons. The SMILES string of the molecule is CCn1c(=NC(=O)c2ccccc2Cl)sc2cc3c(cc21)OCCO3. The van der Waals surface area contributed by atoms with Crippen molar-refractivity contribution in [2.24, 2.45) is 4.99 Å². The number of benzene rings is 2. The van der Waals surface area contributed by atoms with Gasteiger partial charge in [-0.05, 0) is 19.1 Å². The largest absolute Gasteiger partial charge is 0.486 e. The van der Waals surface area contributed by atoms with Crippen LogP contribution in [-0.4, -0.2) is 23.7 Å². The predicted molar refractivity (Wildman–Crippen MR) is 97.8 cm³/mol. The summed E-state index contributed by atoms with van der Waals surface area (Å²) in [5, 5.41) is 0.401. The number of fused-ring (bicyclic) bond motifs is 2. The molecule has 3 aromatic rings. The summed E-state index contributed by atoms with van der Waals surface area (Å²) in [7, 11) is 0. The van der Waals surface area contributed by atoms with E-state index in [2.05, 4.69) is 4.99 Å². The minimum atomic E-state index is -0.350. The molecular formula is C18H15ClN2O3S. The van der Waals surface area contributed by atoms with Crippen molar-refractivity contribution < 1.29 is 14.3 Å². The molecule has 5 nitrogen and oxygen atoms in total. The van der Waals surface area contributed by atoms with Crippen molar-refractivity contribution >= 4 is 39.1 Å². The van der Waals surface area contributed by atoms with Gasteiger partial charge >= 0.3 is 0 Å². The molecule has 0 saturated carbocycles. The number of nitrogens with zero attached hydrogens (tertiary/aromatic N) is 2. The number of ether oxygens (including phenoxy) is 2. The minimum absolute atomic E-state index is 0.350. The van der Waals surface area contributed by atoms with E-state index in [4.69, 9.17) is 21.1 Å². The molecule has 7 heteroatoms. The van der Waals surface area contributed by atoms with Crippen LogP contribution in [0, 0.1) is 0 Å². The Morgan fingerprint density at radius 1 is 1.24 bits per heavy atom. The number of hydrogen-bond acceptors (Lipinski definition) is 4. The van der Waals surface area contributed by atoms with Crippen molar-refractivity contribution in [3.8, 4) is 11.5 Å². The molecular weight excluding hydrogens is 360 g/mol. The summed E-state index contributed by atoms with van der Waals surface area (Å²) in [6.45, 7) is 3.78. The number of halogens is 1. The topological polar surface area (TPSA) is 52.8 Å². The fraction of sp³-hybridized carbons (Fsp3) is 0.222. The molecule has 2 aromatic carbocycles. The minimum Gasteiger partial charge on any atom is -0.486 e. The Morgan fingerprint density at radius 3 is 2.68 bits per heavy atom. The number of thiazole rings is 1. The number of aryl methyl sites for hydroxylation is 1. The van der Waals surface area contributed by atoms with Gasteiger partial charge in [0, 0.05) is 18.7 Å². The third-order valence-electron chi connectivity index (χ3n) is 3.96. The molecule has 4 rings (SSSR count). The van der Waals surface area contributed by atoms with Crippen LogP contribution in [0.1, 0.15) is 17.3 Å². The summed E-state index contributed by atoms with van der Waals surface area (Å²) in [5.41, 5.74) is 1.37. The fourth-order valence-electron chi connectivity index (χ4n) is 2.78. The standard InChI is InChI=1S/C18H15ClN2O3S/c1-2-21-13-9-14-15(24-8-7-23-14)10-16(13)25-18(21)20-17(22)11-5-3-4-6-12(11)19/h3-6,9-10H,2,7-8H2,1H3. The Bertz CT molecular complexity index is 1040. The smallest absolute Gasteiger partial charge is 0.281 e. The average molecular weight is 375 g/mol. The van der Waals surface area contributed by atoms with Gasteiger partial charge in [0.2, 0.25) is 0 Å². The van der Waals surface area contributed by atoms with Gasteiger partial charge in [-0.3, -0.25) is 4.79 Å². The Kier molecular flexibility index (Phi) is 4.23. The molecule has 0 atom stereocenters. The van der Waals surface area contributed by atoms with Crippen LogP contribution in [0.15, 0.2) is 41.4 Å². The zero-order chi connectivity index (χ0) is 17.4. The second kappa shape index (κ2) is 6.54. The highest BCUT2D eigenvalue weighted by molar-refractivity contribution is 7.16. The number of hydrogen-bond donors (Lipinski definition) is 0. The number of carbonyl (C=O) groups excluding carboxylic acids is 1. The number of carbonyl (C=O) groups is 1. The zero-order valence-corrected chi connectivity index (χ0v) is 15.1. The summed E-state index contributed by atoms with van der Waals surface area (Å²) in [6, 6.07) is 10.8. The lowest BCUT2D eigenvalue weighted by atomic mass is 10.2. The van der Waals surface area contributed by atoms with Crippen LogP contribution in [0.2, 0.25) is 5.02 Å². The van der Waals surface area contributed by atoms with Gasteiger partial charge in [-0.15, -0.1) is 0 Å². The molecule has 0 aliphatic carbocycles. The van der Waals surface area contributed by atoms with Crippen molar-refractivity contribution in [1.82, 2.24) is 4.57 Å². The summed E-state index contributed by atoms with van der Waals surface area (Å²) < 4.78 is 14.3. The van der Waals surface area contributed by atoms with Gasteiger partial charge in [0.15, 0.2) is 16.3 Å². The molecule has 0 fully saturated rings. The predicted octanol–water partition coefficient (Wildman–Crippen LogP) is 3.89.